The van der Waals surface area contributed by atoms with Gasteiger partial charge < -0.3 is 0 Å². The zero-order valence-corrected chi connectivity index (χ0v) is 13.1. The Kier molecular flexibility index (Phi) is 7.04. The van der Waals surface area contributed by atoms with Gasteiger partial charge in [0.25, 0.3) is 0 Å². The van der Waals surface area contributed by atoms with Gasteiger partial charge in [-0.3, -0.25) is 0 Å². The van der Waals surface area contributed by atoms with E-state index in [4.69, 9.17) is 0 Å². The highest BCUT2D eigenvalue weighted by Crippen LogP contribution is 2.38. The minimum Gasteiger partial charge on any atom is -0.0713 e. The minimum absolute atomic E-state index is 0.0664. The van der Waals surface area contributed by atoms with Gasteiger partial charge in [-0.1, -0.05) is 76.9 Å². The third-order valence-electron chi connectivity index (χ3n) is 4.13. The predicted octanol–water partition coefficient (Wildman–Crippen LogP) is 4.96. The molecule has 0 aliphatic heterocycles. The first-order valence-electron chi connectivity index (χ1n) is 6.37. The maximum absolute atomic E-state index is 2.54. The average molecular weight is 230 g/mol. The molecule has 0 fully saturated rings. The van der Waals surface area contributed by atoms with E-state index in [1.165, 1.54) is 31.0 Å². The number of hydrogen-bond acceptors (Lipinski definition) is 0. The molecule has 0 nitrogen and oxygen atoms in total. The van der Waals surface area contributed by atoms with Crippen molar-refractivity contribution in [3.05, 3.63) is 0 Å². The second kappa shape index (κ2) is 6.83. The lowest BCUT2D eigenvalue weighted by Crippen LogP contribution is -2.43. The standard InChI is InChI=1S/C12H29Si2/c1-7-11-12(13(5)6)14(8-2,9-3)10-4/h12H,7-11H2,1-6H3. The van der Waals surface area contributed by atoms with Crippen molar-refractivity contribution in [2.45, 2.75) is 76.9 Å². The van der Waals surface area contributed by atoms with Gasteiger partial charge in [0.1, 0.15) is 0 Å². The highest BCUT2D eigenvalue weighted by molar-refractivity contribution is 6.91. The molecule has 1 atom stereocenters. The van der Waals surface area contributed by atoms with Crippen LogP contribution >= 0.6 is 0 Å². The second-order valence-corrected chi connectivity index (χ2v) is 13.8. The lowest BCUT2D eigenvalue weighted by molar-refractivity contribution is 0.805. The molecule has 14 heavy (non-hydrogen) atoms. The van der Waals surface area contributed by atoms with Gasteiger partial charge in [-0.15, -0.1) is 0 Å². The van der Waals surface area contributed by atoms with Crippen LogP contribution in [0, 0.1) is 0 Å². The third kappa shape index (κ3) is 3.23. The first-order valence-corrected chi connectivity index (χ1v) is 11.7. The van der Waals surface area contributed by atoms with Crippen LogP contribution in [0.4, 0.5) is 0 Å². The summed E-state index contributed by atoms with van der Waals surface area (Å²) in [4.78, 5) is 0. The van der Waals surface area contributed by atoms with Crippen LogP contribution in [0.1, 0.15) is 40.5 Å². The van der Waals surface area contributed by atoms with Crippen LogP contribution in [0.5, 0.6) is 0 Å². The summed E-state index contributed by atoms with van der Waals surface area (Å²) in [5, 5.41) is 1.16. The van der Waals surface area contributed by atoms with Gasteiger partial charge in [0.05, 0.1) is 8.07 Å². The highest BCUT2D eigenvalue weighted by atomic mass is 28.4. The molecular formula is C12H29Si2. The Morgan fingerprint density at radius 2 is 1.36 bits per heavy atom. The Morgan fingerprint density at radius 1 is 0.929 bits per heavy atom. The zero-order valence-electron chi connectivity index (χ0n) is 11.1. The normalized spacial score (nSPS) is 14.8. The largest absolute Gasteiger partial charge is 0.0713 e. The van der Waals surface area contributed by atoms with Crippen molar-refractivity contribution in [1.29, 1.82) is 0 Å². The van der Waals surface area contributed by atoms with Crippen LogP contribution in [0.15, 0.2) is 0 Å². The molecular weight excluding hydrogens is 200 g/mol. The molecule has 0 aliphatic carbocycles. The fraction of sp³-hybridized carbons (Fsp3) is 1.00. The van der Waals surface area contributed by atoms with Gasteiger partial charge in [-0.25, -0.2) is 0 Å². The average Bonchev–Trinajstić information content (AvgIpc) is 2.19. The van der Waals surface area contributed by atoms with Gasteiger partial charge in [0, 0.05) is 8.80 Å². The van der Waals surface area contributed by atoms with E-state index in [-0.39, 0.29) is 8.80 Å². The molecule has 1 radical (unpaired) electrons. The van der Waals surface area contributed by atoms with Crippen molar-refractivity contribution in [3.8, 4) is 0 Å². The van der Waals surface area contributed by atoms with Crippen molar-refractivity contribution in [2.75, 3.05) is 0 Å². The molecule has 0 aromatic rings. The fourth-order valence-electron chi connectivity index (χ4n) is 2.99. The summed E-state index contributed by atoms with van der Waals surface area (Å²) >= 11 is 0. The van der Waals surface area contributed by atoms with Crippen LogP contribution in [-0.4, -0.2) is 16.9 Å². The summed E-state index contributed by atoms with van der Waals surface area (Å²) in [7, 11) is -0.952. The van der Waals surface area contributed by atoms with Gasteiger partial charge in [-0.2, -0.15) is 0 Å². The SMILES string of the molecule is CCCC([Si](C)C)[Si](CC)(CC)CC. The second-order valence-electron chi connectivity index (χ2n) is 4.84. The Labute approximate surface area is 94.1 Å². The van der Waals surface area contributed by atoms with Crippen molar-refractivity contribution >= 4 is 16.9 Å². The molecule has 0 spiro atoms. The summed E-state index contributed by atoms with van der Waals surface area (Å²) in [5.74, 6) is 0. The minimum atomic E-state index is -0.886. The van der Waals surface area contributed by atoms with E-state index in [1.54, 1.807) is 0 Å². The molecule has 0 saturated heterocycles. The van der Waals surface area contributed by atoms with Crippen molar-refractivity contribution in [2.24, 2.45) is 0 Å². The van der Waals surface area contributed by atoms with Gasteiger partial charge in [0.15, 0.2) is 0 Å². The highest BCUT2D eigenvalue weighted by Gasteiger charge is 2.37. The predicted molar refractivity (Wildman–Crippen MR) is 73.3 cm³/mol. The first-order chi connectivity index (χ1) is 6.57. The number of rotatable bonds is 7. The molecule has 1 unspecified atom stereocenters. The molecule has 0 heterocycles. The van der Waals surface area contributed by atoms with Gasteiger partial charge in [0.2, 0.25) is 0 Å². The number of hydrogen-bond donors (Lipinski definition) is 0. The molecule has 0 aromatic carbocycles. The van der Waals surface area contributed by atoms with Crippen molar-refractivity contribution < 1.29 is 0 Å². The Balaban J connectivity index is 4.70. The molecule has 0 bridgehead atoms. The van der Waals surface area contributed by atoms with E-state index >= 15 is 0 Å². The van der Waals surface area contributed by atoms with Crippen LogP contribution < -0.4 is 0 Å². The van der Waals surface area contributed by atoms with Gasteiger partial charge >= 0.3 is 0 Å². The lowest BCUT2D eigenvalue weighted by Gasteiger charge is -2.39. The smallest absolute Gasteiger partial charge is 0.0530 e. The molecule has 0 N–H and O–H groups in total. The van der Waals surface area contributed by atoms with E-state index in [9.17, 15) is 0 Å². The van der Waals surface area contributed by atoms with Crippen LogP contribution in [0.3, 0.4) is 0 Å². The van der Waals surface area contributed by atoms with E-state index in [0.717, 1.165) is 5.16 Å². The molecule has 2 heteroatoms. The van der Waals surface area contributed by atoms with E-state index < -0.39 is 8.07 Å². The third-order valence-corrected chi connectivity index (χ3v) is 15.4. The quantitative estimate of drug-likeness (QED) is 0.541. The molecule has 0 aromatic heterocycles. The van der Waals surface area contributed by atoms with E-state index in [2.05, 4.69) is 40.8 Å². The van der Waals surface area contributed by atoms with E-state index in [0.29, 0.717) is 0 Å². The summed E-state index contributed by atoms with van der Waals surface area (Å²) in [5.41, 5.74) is 0. The summed E-state index contributed by atoms with van der Waals surface area (Å²) in [6.45, 7) is 14.8. The van der Waals surface area contributed by atoms with Gasteiger partial charge in [-0.05, 0) is 0 Å². The maximum Gasteiger partial charge on any atom is 0.0530 e. The fourth-order valence-corrected chi connectivity index (χ4v) is 14.5. The summed E-state index contributed by atoms with van der Waals surface area (Å²) < 4.78 is 0. The first kappa shape index (κ1) is 14.4. The van der Waals surface area contributed by atoms with Crippen molar-refractivity contribution in [3.63, 3.8) is 0 Å². The monoisotopic (exact) mass is 229 g/mol. The topological polar surface area (TPSA) is 0 Å². The molecule has 85 valence electrons. The molecule has 0 aliphatic rings. The zero-order chi connectivity index (χ0) is 11.2. The maximum atomic E-state index is 2.54. The van der Waals surface area contributed by atoms with Crippen LogP contribution in [-0.2, 0) is 0 Å². The molecule has 0 amide bonds. The van der Waals surface area contributed by atoms with E-state index in [1.807, 2.05) is 0 Å². The Hall–Kier alpha value is 0.434. The van der Waals surface area contributed by atoms with Crippen molar-refractivity contribution in [1.82, 2.24) is 0 Å². The molecule has 0 rings (SSSR count). The van der Waals surface area contributed by atoms with Crippen LogP contribution in [0.2, 0.25) is 36.4 Å². The lowest BCUT2D eigenvalue weighted by atomic mass is 10.4. The summed E-state index contributed by atoms with van der Waals surface area (Å²) in [6.07, 6.45) is 2.91. The Bertz CT molecular complexity index is 131. The summed E-state index contributed by atoms with van der Waals surface area (Å²) in [6, 6.07) is 4.54. The molecule has 0 saturated carbocycles. The van der Waals surface area contributed by atoms with Crippen LogP contribution in [0.25, 0.3) is 0 Å². The Morgan fingerprint density at radius 3 is 1.57 bits per heavy atom.